The molecule has 0 atom stereocenters. The van der Waals surface area contributed by atoms with E-state index in [1.165, 1.54) is 5.56 Å². The maximum Gasteiger partial charge on any atom is 0.240 e. The van der Waals surface area contributed by atoms with Crippen LogP contribution < -0.4 is 5.32 Å². The molecule has 0 saturated carbocycles. The fourth-order valence-electron chi connectivity index (χ4n) is 1.97. The quantitative estimate of drug-likeness (QED) is 0.758. The third-order valence-corrected chi connectivity index (χ3v) is 3.90. The molecule has 21 heavy (non-hydrogen) atoms. The molecule has 1 aromatic carbocycles. The Bertz CT molecular complexity index is 693. The first kappa shape index (κ1) is 13.9. The summed E-state index contributed by atoms with van der Waals surface area (Å²) in [6.07, 6.45) is 0.690. The molecular formula is C15H16N4OS. The lowest BCUT2D eigenvalue weighted by molar-refractivity contribution is 0.363. The molecule has 0 aliphatic heterocycles. The highest BCUT2D eigenvalue weighted by Crippen LogP contribution is 2.09. The van der Waals surface area contributed by atoms with Crippen molar-refractivity contribution in [3.63, 3.8) is 0 Å². The van der Waals surface area contributed by atoms with Crippen LogP contribution in [0.15, 0.2) is 40.2 Å². The normalized spacial score (nSPS) is 10.9. The van der Waals surface area contributed by atoms with Gasteiger partial charge in [-0.15, -0.1) is 11.3 Å². The maximum absolute atomic E-state index is 5.24. The molecule has 0 radical (unpaired) electrons. The molecule has 5 nitrogen and oxygen atoms in total. The average Bonchev–Trinajstić information content (AvgIpc) is 3.10. The van der Waals surface area contributed by atoms with E-state index in [-0.39, 0.29) is 0 Å². The van der Waals surface area contributed by atoms with Gasteiger partial charge in [0, 0.05) is 24.0 Å². The van der Waals surface area contributed by atoms with Crippen LogP contribution in [0.25, 0.3) is 0 Å². The van der Waals surface area contributed by atoms with Crippen LogP contribution >= 0.6 is 11.3 Å². The first-order valence-corrected chi connectivity index (χ1v) is 7.64. The summed E-state index contributed by atoms with van der Waals surface area (Å²) in [4.78, 5) is 8.78. The summed E-state index contributed by atoms with van der Waals surface area (Å²) in [6.45, 7) is 3.27. The number of aromatic nitrogens is 3. The zero-order valence-corrected chi connectivity index (χ0v) is 12.6. The SMILES string of the molecule is Cc1csc(CNCc2nc(Cc3ccccc3)no2)n1. The molecule has 0 aliphatic rings. The highest BCUT2D eigenvalue weighted by molar-refractivity contribution is 7.09. The van der Waals surface area contributed by atoms with Crippen molar-refractivity contribution in [3.8, 4) is 0 Å². The second-order valence-corrected chi connectivity index (χ2v) is 5.70. The first-order chi connectivity index (χ1) is 10.3. The van der Waals surface area contributed by atoms with E-state index in [0.29, 0.717) is 24.7 Å². The largest absolute Gasteiger partial charge is 0.338 e. The molecule has 0 unspecified atom stereocenters. The molecule has 0 saturated heterocycles. The molecule has 0 aliphatic carbocycles. The van der Waals surface area contributed by atoms with Crippen molar-refractivity contribution in [2.75, 3.05) is 0 Å². The Balaban J connectivity index is 1.51. The molecule has 3 rings (SSSR count). The van der Waals surface area contributed by atoms with Crippen LogP contribution in [-0.4, -0.2) is 15.1 Å². The smallest absolute Gasteiger partial charge is 0.240 e. The van der Waals surface area contributed by atoms with Crippen molar-refractivity contribution in [2.45, 2.75) is 26.4 Å². The van der Waals surface area contributed by atoms with E-state index in [4.69, 9.17) is 4.52 Å². The first-order valence-electron chi connectivity index (χ1n) is 6.77. The summed E-state index contributed by atoms with van der Waals surface area (Å²) in [7, 11) is 0. The van der Waals surface area contributed by atoms with Gasteiger partial charge in [-0.2, -0.15) is 4.98 Å². The van der Waals surface area contributed by atoms with Gasteiger partial charge in [-0.05, 0) is 12.5 Å². The number of rotatable bonds is 6. The van der Waals surface area contributed by atoms with Gasteiger partial charge in [0.1, 0.15) is 5.01 Å². The Hall–Kier alpha value is -2.05. The van der Waals surface area contributed by atoms with E-state index >= 15 is 0 Å². The van der Waals surface area contributed by atoms with E-state index < -0.39 is 0 Å². The lowest BCUT2D eigenvalue weighted by atomic mass is 10.1. The molecule has 0 amide bonds. The van der Waals surface area contributed by atoms with Gasteiger partial charge in [0.25, 0.3) is 0 Å². The van der Waals surface area contributed by atoms with Gasteiger partial charge in [-0.1, -0.05) is 35.5 Å². The third-order valence-electron chi connectivity index (χ3n) is 2.93. The number of benzene rings is 1. The molecule has 1 N–H and O–H groups in total. The van der Waals surface area contributed by atoms with Gasteiger partial charge in [0.05, 0.1) is 6.54 Å². The van der Waals surface area contributed by atoms with Crippen molar-refractivity contribution in [1.82, 2.24) is 20.4 Å². The van der Waals surface area contributed by atoms with Crippen LogP contribution in [0.3, 0.4) is 0 Å². The van der Waals surface area contributed by atoms with Crippen molar-refractivity contribution in [2.24, 2.45) is 0 Å². The zero-order valence-electron chi connectivity index (χ0n) is 11.7. The second-order valence-electron chi connectivity index (χ2n) is 4.75. The number of nitrogens with zero attached hydrogens (tertiary/aromatic N) is 3. The van der Waals surface area contributed by atoms with Crippen LogP contribution in [0.1, 0.15) is 28.0 Å². The zero-order chi connectivity index (χ0) is 14.5. The summed E-state index contributed by atoms with van der Waals surface area (Å²) in [6, 6.07) is 10.1. The van der Waals surface area contributed by atoms with E-state index in [9.17, 15) is 0 Å². The number of hydrogen-bond acceptors (Lipinski definition) is 6. The summed E-state index contributed by atoms with van der Waals surface area (Å²) in [5.74, 6) is 1.32. The average molecular weight is 300 g/mol. The van der Waals surface area contributed by atoms with Gasteiger partial charge >= 0.3 is 0 Å². The van der Waals surface area contributed by atoms with Gasteiger partial charge in [0.2, 0.25) is 5.89 Å². The second kappa shape index (κ2) is 6.60. The van der Waals surface area contributed by atoms with Crippen molar-refractivity contribution < 1.29 is 4.52 Å². The molecule has 3 aromatic rings. The van der Waals surface area contributed by atoms with E-state index in [2.05, 4.69) is 32.6 Å². The van der Waals surface area contributed by atoms with Crippen LogP contribution in [0.5, 0.6) is 0 Å². The number of nitrogens with one attached hydrogen (secondary N) is 1. The number of hydrogen-bond donors (Lipinski definition) is 1. The fraction of sp³-hybridized carbons (Fsp3) is 0.267. The molecule has 2 aromatic heterocycles. The van der Waals surface area contributed by atoms with Crippen LogP contribution in [0.2, 0.25) is 0 Å². The summed E-state index contributed by atoms with van der Waals surface area (Å²) >= 11 is 1.65. The Morgan fingerprint density at radius 3 is 2.76 bits per heavy atom. The lowest BCUT2D eigenvalue weighted by Crippen LogP contribution is -2.12. The third kappa shape index (κ3) is 3.96. The molecule has 0 fully saturated rings. The summed E-state index contributed by atoms with van der Waals surface area (Å²) in [5, 5.41) is 10.4. The van der Waals surface area contributed by atoms with Crippen molar-refractivity contribution in [3.05, 3.63) is 63.7 Å². The number of aryl methyl sites for hydroxylation is 1. The van der Waals surface area contributed by atoms with Crippen molar-refractivity contribution >= 4 is 11.3 Å². The fourth-order valence-corrected chi connectivity index (χ4v) is 2.71. The number of thiazole rings is 1. The molecule has 2 heterocycles. The van der Waals surface area contributed by atoms with E-state index in [1.54, 1.807) is 11.3 Å². The minimum atomic E-state index is 0.556. The van der Waals surface area contributed by atoms with E-state index in [1.807, 2.05) is 30.5 Å². The predicted molar refractivity (Wildman–Crippen MR) is 80.9 cm³/mol. The van der Waals surface area contributed by atoms with Gasteiger partial charge in [-0.3, -0.25) is 0 Å². The highest BCUT2D eigenvalue weighted by atomic mass is 32.1. The Morgan fingerprint density at radius 2 is 2.00 bits per heavy atom. The van der Waals surface area contributed by atoms with Crippen LogP contribution in [-0.2, 0) is 19.5 Å². The molecular weight excluding hydrogens is 284 g/mol. The molecule has 0 spiro atoms. The van der Waals surface area contributed by atoms with Crippen LogP contribution in [0, 0.1) is 6.92 Å². The molecule has 108 valence electrons. The van der Waals surface area contributed by atoms with Gasteiger partial charge in [0.15, 0.2) is 5.82 Å². The summed E-state index contributed by atoms with van der Waals surface area (Å²) < 4.78 is 5.24. The monoisotopic (exact) mass is 300 g/mol. The van der Waals surface area contributed by atoms with E-state index in [0.717, 1.165) is 17.2 Å². The molecule has 6 heteroatoms. The van der Waals surface area contributed by atoms with Crippen molar-refractivity contribution in [1.29, 1.82) is 0 Å². The lowest BCUT2D eigenvalue weighted by Gasteiger charge is -1.97. The van der Waals surface area contributed by atoms with Gasteiger partial charge in [-0.25, -0.2) is 4.98 Å². The summed E-state index contributed by atoms with van der Waals surface area (Å²) in [5.41, 5.74) is 2.23. The highest BCUT2D eigenvalue weighted by Gasteiger charge is 2.07. The van der Waals surface area contributed by atoms with Crippen LogP contribution in [0.4, 0.5) is 0 Å². The standard InChI is InChI=1S/C15H16N4OS/c1-11-10-21-15(17-11)9-16-8-14-18-13(19-20-14)7-12-5-3-2-4-6-12/h2-6,10,16H,7-9H2,1H3. The minimum absolute atomic E-state index is 0.556. The predicted octanol–water partition coefficient (Wildman–Crippen LogP) is 2.72. The molecule has 0 bridgehead atoms. The Kier molecular flexibility index (Phi) is 4.37. The van der Waals surface area contributed by atoms with Gasteiger partial charge < -0.3 is 9.84 Å². The minimum Gasteiger partial charge on any atom is -0.338 e. The Morgan fingerprint density at radius 1 is 1.14 bits per heavy atom. The topological polar surface area (TPSA) is 63.8 Å². The maximum atomic E-state index is 5.24. The Labute approximate surface area is 127 Å².